The average molecular weight is 535 g/mol. The number of carbonyl (C=O) groups excluding carboxylic acids is 1. The molecule has 9 heteroatoms. The standard InChI is InChI=1S/C27H35ClN2O5S/c1-3-22-4-7-24(8-5-22)36(32,33)30-12-10-27(11-13-30,19-26(31)29-14-16-34-17-15-29)20-35-23-6-9-25(28)21(2)18-23/h4-9,18H,3,10-17,19-20H2,1-2H3. The molecule has 1 amide bonds. The SMILES string of the molecule is CCc1ccc(S(=O)(=O)N2CCC(COc3ccc(Cl)c(C)c3)(CC(=O)N3CCOCC3)CC2)cc1. The van der Waals surface area contributed by atoms with Crippen molar-refractivity contribution in [2.45, 2.75) is 44.4 Å². The van der Waals surface area contributed by atoms with Gasteiger partial charge in [-0.15, -0.1) is 0 Å². The van der Waals surface area contributed by atoms with Gasteiger partial charge in [0.05, 0.1) is 24.7 Å². The Kier molecular flexibility index (Phi) is 8.60. The minimum Gasteiger partial charge on any atom is -0.493 e. The average Bonchev–Trinajstić information content (AvgIpc) is 2.90. The molecule has 2 aliphatic rings. The number of rotatable bonds is 8. The topological polar surface area (TPSA) is 76.2 Å². The van der Waals surface area contributed by atoms with Gasteiger partial charge in [0, 0.05) is 43.0 Å². The lowest BCUT2D eigenvalue weighted by Crippen LogP contribution is -2.49. The number of morpholine rings is 1. The highest BCUT2D eigenvalue weighted by atomic mass is 35.5. The van der Waals surface area contributed by atoms with Gasteiger partial charge in [-0.2, -0.15) is 4.31 Å². The van der Waals surface area contributed by atoms with Gasteiger partial charge in [0.1, 0.15) is 5.75 Å². The number of sulfonamides is 1. The van der Waals surface area contributed by atoms with Crippen molar-refractivity contribution in [3.05, 3.63) is 58.6 Å². The first kappa shape index (κ1) is 26.9. The lowest BCUT2D eigenvalue weighted by molar-refractivity contribution is -0.139. The second-order valence-corrected chi connectivity index (χ2v) is 12.1. The monoisotopic (exact) mass is 534 g/mol. The summed E-state index contributed by atoms with van der Waals surface area (Å²) < 4.78 is 39.7. The van der Waals surface area contributed by atoms with Crippen LogP contribution in [0, 0.1) is 12.3 Å². The maximum atomic E-state index is 13.3. The van der Waals surface area contributed by atoms with Gasteiger partial charge in [0.2, 0.25) is 15.9 Å². The van der Waals surface area contributed by atoms with E-state index < -0.39 is 15.4 Å². The fourth-order valence-corrected chi connectivity index (χ4v) is 6.37. The van der Waals surface area contributed by atoms with Gasteiger partial charge in [-0.05, 0) is 67.6 Å². The van der Waals surface area contributed by atoms with E-state index >= 15 is 0 Å². The molecule has 4 rings (SSSR count). The van der Waals surface area contributed by atoms with Crippen molar-refractivity contribution in [2.24, 2.45) is 5.41 Å². The van der Waals surface area contributed by atoms with E-state index in [0.29, 0.717) is 80.9 Å². The number of aryl methyl sites for hydroxylation is 2. The van der Waals surface area contributed by atoms with Crippen LogP contribution in [0.3, 0.4) is 0 Å². The normalized spacial score (nSPS) is 18.7. The van der Waals surface area contributed by atoms with Gasteiger partial charge in [-0.25, -0.2) is 8.42 Å². The van der Waals surface area contributed by atoms with Gasteiger partial charge < -0.3 is 14.4 Å². The molecule has 2 saturated heterocycles. The summed E-state index contributed by atoms with van der Waals surface area (Å²) in [6.45, 7) is 7.24. The van der Waals surface area contributed by atoms with Gasteiger partial charge in [0.15, 0.2) is 0 Å². The molecule has 0 aliphatic carbocycles. The van der Waals surface area contributed by atoms with Crippen LogP contribution < -0.4 is 4.74 Å². The van der Waals surface area contributed by atoms with E-state index in [4.69, 9.17) is 21.1 Å². The quantitative estimate of drug-likeness (QED) is 0.504. The van der Waals surface area contributed by atoms with Gasteiger partial charge in [-0.1, -0.05) is 30.7 Å². The van der Waals surface area contributed by atoms with Crippen LogP contribution in [-0.2, 0) is 26.0 Å². The Bertz CT molecular complexity index is 1160. The Morgan fingerprint density at radius 3 is 2.33 bits per heavy atom. The minimum absolute atomic E-state index is 0.0700. The van der Waals surface area contributed by atoms with Crippen molar-refractivity contribution < 1.29 is 22.7 Å². The zero-order valence-corrected chi connectivity index (χ0v) is 22.6. The number of halogens is 1. The van der Waals surface area contributed by atoms with E-state index in [-0.39, 0.29) is 5.91 Å². The number of carbonyl (C=O) groups is 1. The number of piperidine rings is 1. The van der Waals surface area contributed by atoms with Crippen LogP contribution in [0.25, 0.3) is 0 Å². The molecule has 0 aromatic heterocycles. The summed E-state index contributed by atoms with van der Waals surface area (Å²) in [5.41, 5.74) is 1.56. The largest absolute Gasteiger partial charge is 0.493 e. The van der Waals surface area contributed by atoms with Crippen molar-refractivity contribution in [2.75, 3.05) is 46.0 Å². The van der Waals surface area contributed by atoms with E-state index in [1.54, 1.807) is 18.2 Å². The summed E-state index contributed by atoms with van der Waals surface area (Å²) in [5, 5.41) is 0.671. The maximum absolute atomic E-state index is 13.3. The molecule has 0 bridgehead atoms. The molecule has 0 radical (unpaired) electrons. The Hall–Kier alpha value is -2.13. The molecule has 2 aromatic rings. The number of hydrogen-bond acceptors (Lipinski definition) is 5. The fraction of sp³-hybridized carbons (Fsp3) is 0.519. The number of amides is 1. The van der Waals surface area contributed by atoms with Crippen LogP contribution in [0.1, 0.15) is 37.3 Å². The second kappa shape index (κ2) is 11.5. The number of ether oxygens (including phenoxy) is 2. The van der Waals surface area contributed by atoms with Crippen LogP contribution in [0.15, 0.2) is 47.4 Å². The van der Waals surface area contributed by atoms with Crippen molar-refractivity contribution in [3.8, 4) is 5.75 Å². The molecule has 196 valence electrons. The van der Waals surface area contributed by atoms with Crippen molar-refractivity contribution in [1.29, 1.82) is 0 Å². The molecule has 2 fully saturated rings. The molecule has 0 saturated carbocycles. The Labute approximate surface area is 219 Å². The third kappa shape index (κ3) is 6.22. The van der Waals surface area contributed by atoms with Gasteiger partial charge in [-0.3, -0.25) is 4.79 Å². The highest BCUT2D eigenvalue weighted by Gasteiger charge is 2.41. The maximum Gasteiger partial charge on any atom is 0.243 e. The highest BCUT2D eigenvalue weighted by Crippen LogP contribution is 2.38. The van der Waals surface area contributed by atoms with Crippen molar-refractivity contribution >= 4 is 27.5 Å². The summed E-state index contributed by atoms with van der Waals surface area (Å²) in [4.78, 5) is 15.4. The molecular weight excluding hydrogens is 500 g/mol. The Morgan fingerprint density at radius 1 is 1.06 bits per heavy atom. The lowest BCUT2D eigenvalue weighted by Gasteiger charge is -2.41. The van der Waals surface area contributed by atoms with E-state index in [2.05, 4.69) is 0 Å². The van der Waals surface area contributed by atoms with E-state index in [0.717, 1.165) is 17.5 Å². The summed E-state index contributed by atoms with van der Waals surface area (Å²) in [6.07, 6.45) is 2.26. The van der Waals surface area contributed by atoms with Crippen LogP contribution in [0.5, 0.6) is 5.75 Å². The predicted octanol–water partition coefficient (Wildman–Crippen LogP) is 4.31. The van der Waals surface area contributed by atoms with E-state index in [1.165, 1.54) is 4.31 Å². The number of benzene rings is 2. The third-order valence-electron chi connectivity index (χ3n) is 7.32. The highest BCUT2D eigenvalue weighted by molar-refractivity contribution is 7.89. The number of nitrogens with zero attached hydrogens (tertiary/aromatic N) is 2. The lowest BCUT2D eigenvalue weighted by atomic mass is 9.76. The van der Waals surface area contributed by atoms with Crippen molar-refractivity contribution in [1.82, 2.24) is 9.21 Å². The summed E-state index contributed by atoms with van der Waals surface area (Å²) >= 11 is 6.16. The van der Waals surface area contributed by atoms with Crippen LogP contribution in [0.2, 0.25) is 5.02 Å². The minimum atomic E-state index is -3.60. The summed E-state index contributed by atoms with van der Waals surface area (Å²) in [6, 6.07) is 12.6. The number of hydrogen-bond donors (Lipinski definition) is 0. The van der Waals surface area contributed by atoms with Crippen LogP contribution >= 0.6 is 11.6 Å². The van der Waals surface area contributed by atoms with Gasteiger partial charge in [0.25, 0.3) is 0 Å². The molecule has 2 aromatic carbocycles. The zero-order valence-electron chi connectivity index (χ0n) is 21.0. The van der Waals surface area contributed by atoms with E-state index in [9.17, 15) is 13.2 Å². The second-order valence-electron chi connectivity index (χ2n) is 9.77. The predicted molar refractivity (Wildman–Crippen MR) is 140 cm³/mol. The van der Waals surface area contributed by atoms with Crippen molar-refractivity contribution in [3.63, 3.8) is 0 Å². The molecular formula is C27H35ClN2O5S. The first-order valence-corrected chi connectivity index (χ1v) is 14.4. The third-order valence-corrected chi connectivity index (χ3v) is 9.65. The van der Waals surface area contributed by atoms with Crippen LogP contribution in [0.4, 0.5) is 0 Å². The smallest absolute Gasteiger partial charge is 0.243 e. The zero-order chi connectivity index (χ0) is 25.8. The molecule has 2 heterocycles. The first-order valence-electron chi connectivity index (χ1n) is 12.6. The molecule has 0 atom stereocenters. The molecule has 7 nitrogen and oxygen atoms in total. The molecule has 36 heavy (non-hydrogen) atoms. The Balaban J connectivity index is 1.49. The fourth-order valence-electron chi connectivity index (χ4n) is 4.81. The summed E-state index contributed by atoms with van der Waals surface area (Å²) in [7, 11) is -3.60. The molecule has 2 aliphatic heterocycles. The first-order chi connectivity index (χ1) is 17.2. The molecule has 0 spiro atoms. The van der Waals surface area contributed by atoms with E-state index in [1.807, 2.05) is 43.0 Å². The van der Waals surface area contributed by atoms with Gasteiger partial charge >= 0.3 is 0 Å². The summed E-state index contributed by atoms with van der Waals surface area (Å²) in [5.74, 6) is 0.766. The Morgan fingerprint density at radius 2 is 1.72 bits per heavy atom. The molecule has 0 unspecified atom stereocenters. The van der Waals surface area contributed by atoms with Crippen LogP contribution in [-0.4, -0.2) is 69.5 Å². The molecule has 0 N–H and O–H groups in total.